The van der Waals surface area contributed by atoms with Crippen molar-refractivity contribution in [3.63, 3.8) is 0 Å². The van der Waals surface area contributed by atoms with Crippen LogP contribution in [0.1, 0.15) is 55.3 Å². The van der Waals surface area contributed by atoms with Gasteiger partial charge in [-0.05, 0) is 48.9 Å². The van der Waals surface area contributed by atoms with Crippen molar-refractivity contribution in [2.75, 3.05) is 51.3 Å². The van der Waals surface area contributed by atoms with E-state index in [0.29, 0.717) is 6.54 Å². The SMILES string of the molecule is CCC(C(=O)N1CCc2cnc(N3CCN(C4CCC4)CC3)nc2CC1)c1ccc(OC)cc1. The predicted molar refractivity (Wildman–Crippen MR) is 133 cm³/mol. The van der Waals surface area contributed by atoms with Gasteiger partial charge in [-0.15, -0.1) is 0 Å². The topological polar surface area (TPSA) is 61.8 Å². The van der Waals surface area contributed by atoms with Crippen LogP contribution < -0.4 is 9.64 Å². The van der Waals surface area contributed by atoms with E-state index >= 15 is 0 Å². The number of aromatic nitrogens is 2. The summed E-state index contributed by atoms with van der Waals surface area (Å²) in [5, 5.41) is 0. The average Bonchev–Trinajstić information content (AvgIpc) is 3.06. The first kappa shape index (κ1) is 23.1. The van der Waals surface area contributed by atoms with E-state index in [1.807, 2.05) is 35.4 Å². The molecule has 1 atom stereocenters. The molecule has 3 heterocycles. The van der Waals surface area contributed by atoms with Crippen molar-refractivity contribution in [1.82, 2.24) is 19.8 Å². The zero-order valence-electron chi connectivity index (χ0n) is 20.6. The number of hydrogen-bond acceptors (Lipinski definition) is 6. The first-order valence-electron chi connectivity index (χ1n) is 12.9. The lowest BCUT2D eigenvalue weighted by Gasteiger charge is -2.43. The highest BCUT2D eigenvalue weighted by atomic mass is 16.5. The van der Waals surface area contributed by atoms with E-state index in [9.17, 15) is 4.79 Å². The molecule has 1 saturated carbocycles. The Balaban J connectivity index is 1.22. The van der Waals surface area contributed by atoms with Crippen molar-refractivity contribution in [1.29, 1.82) is 0 Å². The summed E-state index contributed by atoms with van der Waals surface area (Å²) in [5.74, 6) is 1.76. The van der Waals surface area contributed by atoms with E-state index in [4.69, 9.17) is 14.7 Å². The number of benzene rings is 1. The van der Waals surface area contributed by atoms with Crippen LogP contribution in [0.15, 0.2) is 30.5 Å². The summed E-state index contributed by atoms with van der Waals surface area (Å²) < 4.78 is 5.27. The molecule has 1 unspecified atom stereocenters. The number of amides is 1. The predicted octanol–water partition coefficient (Wildman–Crippen LogP) is 3.28. The lowest BCUT2D eigenvalue weighted by molar-refractivity contribution is -0.132. The highest BCUT2D eigenvalue weighted by Crippen LogP contribution is 2.28. The molecular weight excluding hydrogens is 426 g/mol. The maximum atomic E-state index is 13.5. The largest absolute Gasteiger partial charge is 0.497 e. The molecule has 2 fully saturated rings. The lowest BCUT2D eigenvalue weighted by Crippen LogP contribution is -2.52. The van der Waals surface area contributed by atoms with E-state index in [0.717, 1.165) is 81.0 Å². The molecule has 1 aliphatic carbocycles. The fraction of sp³-hybridized carbons (Fsp3) is 0.593. The van der Waals surface area contributed by atoms with Crippen LogP contribution in [-0.4, -0.2) is 78.1 Å². The van der Waals surface area contributed by atoms with Gasteiger partial charge in [0.2, 0.25) is 11.9 Å². The average molecular weight is 464 g/mol. The van der Waals surface area contributed by atoms with Crippen molar-refractivity contribution in [2.24, 2.45) is 0 Å². The van der Waals surface area contributed by atoms with Crippen molar-refractivity contribution >= 4 is 11.9 Å². The van der Waals surface area contributed by atoms with Crippen molar-refractivity contribution in [2.45, 2.75) is 57.4 Å². The van der Waals surface area contributed by atoms with Crippen LogP contribution in [0, 0.1) is 0 Å². The minimum Gasteiger partial charge on any atom is -0.497 e. The Morgan fingerprint density at radius 2 is 1.79 bits per heavy atom. The smallest absolute Gasteiger partial charge is 0.230 e. The second kappa shape index (κ2) is 10.3. The summed E-state index contributed by atoms with van der Waals surface area (Å²) in [6.45, 7) is 7.74. The number of piperazine rings is 1. The van der Waals surface area contributed by atoms with Crippen LogP contribution in [0.25, 0.3) is 0 Å². The number of anilines is 1. The molecule has 182 valence electrons. The molecular formula is C27H37N5O2. The van der Waals surface area contributed by atoms with Gasteiger partial charge in [0.25, 0.3) is 0 Å². The molecule has 0 spiro atoms. The number of fused-ring (bicyclic) bond motifs is 1. The van der Waals surface area contributed by atoms with E-state index in [-0.39, 0.29) is 11.8 Å². The molecule has 7 heteroatoms. The normalized spacial score (nSPS) is 20.3. The molecule has 0 bridgehead atoms. The molecule has 2 aliphatic heterocycles. The molecule has 0 N–H and O–H groups in total. The molecule has 1 aromatic carbocycles. The van der Waals surface area contributed by atoms with Crippen LogP contribution in [0.2, 0.25) is 0 Å². The number of carbonyl (C=O) groups is 1. The lowest BCUT2D eigenvalue weighted by atomic mass is 9.91. The minimum absolute atomic E-state index is 0.124. The fourth-order valence-electron chi connectivity index (χ4n) is 5.49. The zero-order valence-corrected chi connectivity index (χ0v) is 20.6. The molecule has 34 heavy (non-hydrogen) atoms. The summed E-state index contributed by atoms with van der Waals surface area (Å²) in [6, 6.07) is 8.71. The Hall–Kier alpha value is -2.67. The van der Waals surface area contributed by atoms with Crippen LogP contribution >= 0.6 is 0 Å². The highest BCUT2D eigenvalue weighted by molar-refractivity contribution is 5.84. The van der Waals surface area contributed by atoms with Gasteiger partial charge in [-0.2, -0.15) is 0 Å². The minimum atomic E-state index is -0.124. The molecule has 5 rings (SSSR count). The van der Waals surface area contributed by atoms with E-state index in [2.05, 4.69) is 16.7 Å². The Morgan fingerprint density at radius 3 is 2.44 bits per heavy atom. The highest BCUT2D eigenvalue weighted by Gasteiger charge is 2.30. The third kappa shape index (κ3) is 4.76. The van der Waals surface area contributed by atoms with E-state index in [1.54, 1.807) is 7.11 Å². The molecule has 7 nitrogen and oxygen atoms in total. The number of methoxy groups -OCH3 is 1. The van der Waals surface area contributed by atoms with Crippen LogP contribution in [0.3, 0.4) is 0 Å². The van der Waals surface area contributed by atoms with E-state index in [1.165, 1.54) is 24.8 Å². The fourth-order valence-corrected chi connectivity index (χ4v) is 5.49. The first-order chi connectivity index (χ1) is 16.7. The van der Waals surface area contributed by atoms with Crippen LogP contribution in [0.5, 0.6) is 5.75 Å². The summed E-state index contributed by atoms with van der Waals surface area (Å²) in [6.07, 6.45) is 8.50. The molecule has 2 aromatic rings. The summed E-state index contributed by atoms with van der Waals surface area (Å²) >= 11 is 0. The van der Waals surface area contributed by atoms with E-state index < -0.39 is 0 Å². The second-order valence-corrected chi connectivity index (χ2v) is 9.81. The first-order valence-corrected chi connectivity index (χ1v) is 12.9. The summed E-state index contributed by atoms with van der Waals surface area (Å²) in [4.78, 5) is 30.2. The quantitative estimate of drug-likeness (QED) is 0.655. The second-order valence-electron chi connectivity index (χ2n) is 9.81. The standard InChI is InChI=1S/C27H37N5O2/c1-3-24(20-7-9-23(34-2)10-8-20)26(33)31-13-11-21-19-28-27(29-25(21)12-14-31)32-17-15-30(16-18-32)22-5-4-6-22/h7-10,19,22,24H,3-6,11-18H2,1-2H3. The molecule has 1 aromatic heterocycles. The summed E-state index contributed by atoms with van der Waals surface area (Å²) in [5.41, 5.74) is 3.35. The Kier molecular flexibility index (Phi) is 6.99. The zero-order chi connectivity index (χ0) is 23.5. The number of carbonyl (C=O) groups excluding carboxylic acids is 1. The third-order valence-electron chi connectivity index (χ3n) is 7.94. The van der Waals surface area contributed by atoms with Crippen molar-refractivity contribution in [3.8, 4) is 5.75 Å². The number of ether oxygens (including phenoxy) is 1. The number of hydrogen-bond donors (Lipinski definition) is 0. The Labute approximate surface area is 203 Å². The van der Waals surface area contributed by atoms with Crippen LogP contribution in [-0.2, 0) is 17.6 Å². The van der Waals surface area contributed by atoms with Gasteiger partial charge in [0.05, 0.1) is 18.7 Å². The van der Waals surface area contributed by atoms with Gasteiger partial charge >= 0.3 is 0 Å². The van der Waals surface area contributed by atoms with Gasteiger partial charge < -0.3 is 14.5 Å². The number of nitrogens with zero attached hydrogens (tertiary/aromatic N) is 5. The van der Waals surface area contributed by atoms with Gasteiger partial charge in [0, 0.05) is 57.9 Å². The molecule has 0 radical (unpaired) electrons. The van der Waals surface area contributed by atoms with Gasteiger partial charge in [-0.25, -0.2) is 9.97 Å². The van der Waals surface area contributed by atoms with Crippen molar-refractivity contribution in [3.05, 3.63) is 47.3 Å². The number of rotatable bonds is 6. The van der Waals surface area contributed by atoms with Gasteiger partial charge in [-0.1, -0.05) is 25.5 Å². The maximum absolute atomic E-state index is 13.5. The molecule has 3 aliphatic rings. The Morgan fingerprint density at radius 1 is 1.06 bits per heavy atom. The van der Waals surface area contributed by atoms with Gasteiger partial charge in [-0.3, -0.25) is 9.69 Å². The van der Waals surface area contributed by atoms with Crippen molar-refractivity contribution < 1.29 is 9.53 Å². The molecule has 1 amide bonds. The third-order valence-corrected chi connectivity index (χ3v) is 7.94. The van der Waals surface area contributed by atoms with Crippen LogP contribution in [0.4, 0.5) is 5.95 Å². The monoisotopic (exact) mass is 463 g/mol. The maximum Gasteiger partial charge on any atom is 0.230 e. The molecule has 1 saturated heterocycles. The van der Waals surface area contributed by atoms with Gasteiger partial charge in [0.15, 0.2) is 0 Å². The Bertz CT molecular complexity index is 983. The summed E-state index contributed by atoms with van der Waals surface area (Å²) in [7, 11) is 1.66. The van der Waals surface area contributed by atoms with Gasteiger partial charge in [0.1, 0.15) is 5.75 Å².